The lowest BCUT2D eigenvalue weighted by Gasteiger charge is -2.08. The van der Waals surface area contributed by atoms with E-state index in [-0.39, 0.29) is 10.6 Å². The highest BCUT2D eigenvalue weighted by Crippen LogP contribution is 2.27. The molecule has 0 unspecified atom stereocenters. The fourth-order valence-corrected chi connectivity index (χ4v) is 2.48. The smallest absolute Gasteiger partial charge is 0.266 e. The van der Waals surface area contributed by atoms with Gasteiger partial charge in [0.1, 0.15) is 11.6 Å². The third-order valence-electron chi connectivity index (χ3n) is 3.08. The number of aryl methyl sites for hydroxylation is 1. The Balaban J connectivity index is 2.30. The van der Waals surface area contributed by atoms with Crippen molar-refractivity contribution in [2.45, 2.75) is 6.92 Å². The predicted molar refractivity (Wildman–Crippen MR) is 94.9 cm³/mol. The zero-order chi connectivity index (χ0) is 17.0. The molecule has 1 N–H and O–H groups in total. The number of nitrogens with zero attached hydrogens (tertiary/aromatic N) is 1. The fourth-order valence-electron chi connectivity index (χ4n) is 1.89. The van der Waals surface area contributed by atoms with E-state index in [0.717, 1.165) is 5.56 Å². The number of hydrogen-bond acceptors (Lipinski definition) is 2. The number of carbonyl (C=O) groups excluding carboxylic acids is 1. The topological polar surface area (TPSA) is 52.9 Å². The van der Waals surface area contributed by atoms with E-state index in [0.29, 0.717) is 21.3 Å². The van der Waals surface area contributed by atoms with Gasteiger partial charge in [-0.15, -0.1) is 0 Å². The first kappa shape index (κ1) is 17.4. The van der Waals surface area contributed by atoms with Crippen molar-refractivity contribution in [3.8, 4) is 6.07 Å². The van der Waals surface area contributed by atoms with E-state index in [9.17, 15) is 10.1 Å². The van der Waals surface area contributed by atoms with E-state index in [2.05, 4.69) is 5.32 Å². The zero-order valence-electron chi connectivity index (χ0n) is 12.0. The van der Waals surface area contributed by atoms with Gasteiger partial charge in [-0.3, -0.25) is 4.79 Å². The molecule has 0 aliphatic carbocycles. The highest BCUT2D eigenvalue weighted by Gasteiger charge is 2.12. The second-order valence-electron chi connectivity index (χ2n) is 4.73. The minimum atomic E-state index is -0.533. The van der Waals surface area contributed by atoms with Crippen LogP contribution in [0.4, 0.5) is 5.69 Å². The van der Waals surface area contributed by atoms with Crippen LogP contribution in [0.3, 0.4) is 0 Å². The van der Waals surface area contributed by atoms with Gasteiger partial charge in [0.15, 0.2) is 0 Å². The van der Waals surface area contributed by atoms with E-state index in [1.165, 1.54) is 6.08 Å². The second kappa shape index (κ2) is 7.52. The summed E-state index contributed by atoms with van der Waals surface area (Å²) in [6.45, 7) is 1.81. The molecule has 0 aliphatic rings. The lowest BCUT2D eigenvalue weighted by molar-refractivity contribution is -0.112. The highest BCUT2D eigenvalue weighted by atomic mass is 35.5. The van der Waals surface area contributed by atoms with E-state index < -0.39 is 5.91 Å². The molecule has 23 heavy (non-hydrogen) atoms. The van der Waals surface area contributed by atoms with Crippen molar-refractivity contribution in [1.29, 1.82) is 5.26 Å². The number of amides is 1. The minimum Gasteiger partial charge on any atom is -0.321 e. The van der Waals surface area contributed by atoms with Gasteiger partial charge in [0.05, 0.1) is 10.0 Å². The first-order valence-electron chi connectivity index (χ1n) is 6.55. The maximum absolute atomic E-state index is 12.3. The maximum atomic E-state index is 12.3. The van der Waals surface area contributed by atoms with Gasteiger partial charge in [0.25, 0.3) is 5.91 Å². The molecule has 0 aliphatic heterocycles. The van der Waals surface area contributed by atoms with Gasteiger partial charge in [-0.2, -0.15) is 5.26 Å². The van der Waals surface area contributed by atoms with Crippen molar-refractivity contribution < 1.29 is 4.79 Å². The first-order valence-corrected chi connectivity index (χ1v) is 7.69. The first-order chi connectivity index (χ1) is 10.9. The summed E-state index contributed by atoms with van der Waals surface area (Å²) in [5.74, 6) is -0.533. The standard InChI is InChI=1S/C17H11Cl3N2O/c1-10-7-13(18)5-6-15(10)22-17(23)12(9-21)8-11-3-2-4-14(19)16(11)20/h2-8H,1H3,(H,22,23)/b12-8+. The summed E-state index contributed by atoms with van der Waals surface area (Å²) in [6.07, 6.45) is 1.40. The van der Waals surface area contributed by atoms with Crippen molar-refractivity contribution in [3.05, 3.63) is 68.2 Å². The third kappa shape index (κ3) is 4.27. The average molecular weight is 366 g/mol. The average Bonchev–Trinajstić information content (AvgIpc) is 2.51. The number of benzene rings is 2. The summed E-state index contributed by atoms with van der Waals surface area (Å²) in [7, 11) is 0. The highest BCUT2D eigenvalue weighted by molar-refractivity contribution is 6.43. The van der Waals surface area contributed by atoms with Crippen LogP contribution in [0.2, 0.25) is 15.1 Å². The van der Waals surface area contributed by atoms with Gasteiger partial charge in [-0.05, 0) is 48.4 Å². The van der Waals surface area contributed by atoms with Crippen molar-refractivity contribution >= 4 is 52.5 Å². The van der Waals surface area contributed by atoms with E-state index >= 15 is 0 Å². The lowest BCUT2D eigenvalue weighted by atomic mass is 10.1. The Bertz CT molecular complexity index is 838. The SMILES string of the molecule is Cc1cc(Cl)ccc1NC(=O)/C(C#N)=C/c1cccc(Cl)c1Cl. The van der Waals surface area contributed by atoms with Crippen molar-refractivity contribution in [3.63, 3.8) is 0 Å². The largest absolute Gasteiger partial charge is 0.321 e. The molecule has 0 saturated carbocycles. The number of anilines is 1. The molecule has 0 radical (unpaired) electrons. The molecule has 0 bridgehead atoms. The summed E-state index contributed by atoms with van der Waals surface area (Å²) in [5.41, 5.74) is 1.80. The Morgan fingerprint density at radius 2 is 1.96 bits per heavy atom. The number of carbonyl (C=O) groups is 1. The van der Waals surface area contributed by atoms with Gasteiger partial charge in [0, 0.05) is 10.7 Å². The summed E-state index contributed by atoms with van der Waals surface area (Å²) in [4.78, 5) is 12.3. The van der Waals surface area contributed by atoms with Gasteiger partial charge in [-0.25, -0.2) is 0 Å². The molecule has 3 nitrogen and oxygen atoms in total. The van der Waals surface area contributed by atoms with Gasteiger partial charge < -0.3 is 5.32 Å². The third-order valence-corrected chi connectivity index (χ3v) is 4.15. The summed E-state index contributed by atoms with van der Waals surface area (Å²) < 4.78 is 0. The molecule has 0 heterocycles. The molecule has 2 aromatic rings. The number of hydrogen-bond donors (Lipinski definition) is 1. The molecule has 6 heteroatoms. The Hall–Kier alpha value is -1.99. The van der Waals surface area contributed by atoms with E-state index in [4.69, 9.17) is 34.8 Å². The summed E-state index contributed by atoms with van der Waals surface area (Å²) >= 11 is 17.9. The molecule has 116 valence electrons. The Morgan fingerprint density at radius 3 is 2.61 bits per heavy atom. The number of nitriles is 1. The Kier molecular flexibility index (Phi) is 5.68. The second-order valence-corrected chi connectivity index (χ2v) is 5.95. The molecule has 2 aromatic carbocycles. The Morgan fingerprint density at radius 1 is 1.22 bits per heavy atom. The van der Waals surface area contributed by atoms with Gasteiger partial charge in [0.2, 0.25) is 0 Å². The van der Waals surface area contributed by atoms with Crippen molar-refractivity contribution in [1.82, 2.24) is 0 Å². The molecule has 1 amide bonds. The van der Waals surface area contributed by atoms with Crippen LogP contribution in [-0.4, -0.2) is 5.91 Å². The van der Waals surface area contributed by atoms with E-state index in [1.807, 2.05) is 13.0 Å². The molecule has 0 atom stereocenters. The monoisotopic (exact) mass is 364 g/mol. The van der Waals surface area contributed by atoms with Crippen molar-refractivity contribution in [2.24, 2.45) is 0 Å². The molecule has 0 aromatic heterocycles. The Labute approximate surface area is 149 Å². The van der Waals surface area contributed by atoms with Crippen LogP contribution in [0.1, 0.15) is 11.1 Å². The molecule has 0 spiro atoms. The predicted octanol–water partition coefficient (Wildman–Crippen LogP) is 5.50. The van der Waals surface area contributed by atoms with Gasteiger partial charge in [-0.1, -0.05) is 46.9 Å². The van der Waals surface area contributed by atoms with Crippen LogP contribution in [-0.2, 0) is 4.79 Å². The quantitative estimate of drug-likeness (QED) is 0.576. The van der Waals surface area contributed by atoms with Crippen LogP contribution >= 0.6 is 34.8 Å². The number of halogens is 3. The molecular weight excluding hydrogens is 355 g/mol. The molecular formula is C17H11Cl3N2O. The van der Waals surface area contributed by atoms with Gasteiger partial charge >= 0.3 is 0 Å². The van der Waals surface area contributed by atoms with E-state index in [1.54, 1.807) is 36.4 Å². The normalized spacial score (nSPS) is 11.0. The van der Waals surface area contributed by atoms with Crippen LogP contribution in [0.15, 0.2) is 42.0 Å². The minimum absolute atomic E-state index is 0.0801. The maximum Gasteiger partial charge on any atom is 0.266 e. The molecule has 0 saturated heterocycles. The van der Waals surface area contributed by atoms with Crippen molar-refractivity contribution in [2.75, 3.05) is 5.32 Å². The van der Waals surface area contributed by atoms with Crippen LogP contribution in [0, 0.1) is 18.3 Å². The molecule has 2 rings (SSSR count). The zero-order valence-corrected chi connectivity index (χ0v) is 14.3. The lowest BCUT2D eigenvalue weighted by Crippen LogP contribution is -2.14. The van der Waals surface area contributed by atoms with Crippen LogP contribution in [0.25, 0.3) is 6.08 Å². The summed E-state index contributed by atoms with van der Waals surface area (Å²) in [5, 5.41) is 13.1. The fraction of sp³-hybridized carbons (Fsp3) is 0.0588. The number of rotatable bonds is 3. The summed E-state index contributed by atoms with van der Waals surface area (Å²) in [6, 6.07) is 11.9. The number of nitrogens with one attached hydrogen (secondary N) is 1. The molecule has 0 fully saturated rings. The van der Waals surface area contributed by atoms with Crippen LogP contribution in [0.5, 0.6) is 0 Å². The van der Waals surface area contributed by atoms with Crippen LogP contribution < -0.4 is 5.32 Å².